The highest BCUT2D eigenvalue weighted by Crippen LogP contribution is 2.38. The second-order valence-corrected chi connectivity index (χ2v) is 3.26. The Bertz CT molecular complexity index is 387. The van der Waals surface area contributed by atoms with E-state index in [0.717, 1.165) is 12.1 Å². The third-order valence-corrected chi connectivity index (χ3v) is 2.13. The van der Waals surface area contributed by atoms with E-state index in [1.54, 1.807) is 6.07 Å². The zero-order valence-corrected chi connectivity index (χ0v) is 7.84. The van der Waals surface area contributed by atoms with Gasteiger partial charge in [0.05, 0.1) is 11.6 Å². The van der Waals surface area contributed by atoms with Crippen molar-refractivity contribution in [2.75, 3.05) is 0 Å². The summed E-state index contributed by atoms with van der Waals surface area (Å²) in [5.41, 5.74) is -2.92. The molecule has 0 aliphatic carbocycles. The zero-order valence-electron chi connectivity index (χ0n) is 7.84. The van der Waals surface area contributed by atoms with Crippen LogP contribution < -0.4 is 0 Å². The molecule has 0 aromatic heterocycles. The van der Waals surface area contributed by atoms with Gasteiger partial charge < -0.3 is 5.11 Å². The van der Waals surface area contributed by atoms with E-state index in [0.29, 0.717) is 6.92 Å². The normalized spacial score (nSPS) is 15.5. The van der Waals surface area contributed by atoms with E-state index in [1.807, 2.05) is 0 Å². The minimum Gasteiger partial charge on any atom is -0.376 e. The number of nitriles is 1. The highest BCUT2D eigenvalue weighted by molar-refractivity contribution is 5.34. The number of hydrogen-bond acceptors (Lipinski definition) is 2. The van der Waals surface area contributed by atoms with E-state index >= 15 is 0 Å². The second kappa shape index (κ2) is 3.55. The van der Waals surface area contributed by atoms with Crippen LogP contribution in [0.2, 0.25) is 0 Å². The Balaban J connectivity index is 3.13. The Kier molecular flexibility index (Phi) is 2.73. The number of halogens is 3. The fourth-order valence-corrected chi connectivity index (χ4v) is 1.03. The second-order valence-electron chi connectivity index (χ2n) is 3.26. The molecule has 1 aromatic carbocycles. The molecule has 0 saturated heterocycles. The monoisotopic (exact) mass is 215 g/mol. The van der Waals surface area contributed by atoms with Gasteiger partial charge in [-0.15, -0.1) is 0 Å². The van der Waals surface area contributed by atoms with Crippen LogP contribution in [0.1, 0.15) is 18.1 Å². The maximum absolute atomic E-state index is 12.4. The first-order chi connectivity index (χ1) is 6.79. The lowest BCUT2D eigenvalue weighted by atomic mass is 9.95. The van der Waals surface area contributed by atoms with Crippen LogP contribution in [0.25, 0.3) is 0 Å². The fourth-order valence-electron chi connectivity index (χ4n) is 1.03. The van der Waals surface area contributed by atoms with E-state index in [4.69, 9.17) is 5.26 Å². The van der Waals surface area contributed by atoms with E-state index < -0.39 is 11.8 Å². The van der Waals surface area contributed by atoms with Crippen molar-refractivity contribution in [1.29, 1.82) is 5.26 Å². The van der Waals surface area contributed by atoms with Crippen molar-refractivity contribution in [2.24, 2.45) is 0 Å². The SMILES string of the molecule is C[C@](O)(c1ccc(C#N)cc1)C(F)(F)F. The molecule has 0 bridgehead atoms. The third-order valence-electron chi connectivity index (χ3n) is 2.13. The molecule has 1 aromatic rings. The molecule has 1 N–H and O–H groups in total. The predicted molar refractivity (Wildman–Crippen MR) is 46.8 cm³/mol. The average molecular weight is 215 g/mol. The van der Waals surface area contributed by atoms with E-state index in [1.165, 1.54) is 12.1 Å². The van der Waals surface area contributed by atoms with Crippen LogP contribution in [0.3, 0.4) is 0 Å². The van der Waals surface area contributed by atoms with Gasteiger partial charge in [-0.25, -0.2) is 0 Å². The van der Waals surface area contributed by atoms with Gasteiger partial charge in [-0.05, 0) is 24.6 Å². The molecule has 0 amide bonds. The molecule has 2 nitrogen and oxygen atoms in total. The summed E-state index contributed by atoms with van der Waals surface area (Å²) < 4.78 is 37.2. The van der Waals surface area contributed by atoms with Gasteiger partial charge in [-0.3, -0.25) is 0 Å². The quantitative estimate of drug-likeness (QED) is 0.781. The Morgan fingerprint density at radius 2 is 1.67 bits per heavy atom. The summed E-state index contributed by atoms with van der Waals surface area (Å²) in [6, 6.07) is 6.42. The Morgan fingerprint density at radius 1 is 1.20 bits per heavy atom. The molecule has 0 radical (unpaired) electrons. The Morgan fingerprint density at radius 3 is 2.00 bits per heavy atom. The largest absolute Gasteiger partial charge is 0.421 e. The van der Waals surface area contributed by atoms with Crippen molar-refractivity contribution >= 4 is 0 Å². The van der Waals surface area contributed by atoms with Gasteiger partial charge in [0, 0.05) is 0 Å². The third kappa shape index (κ3) is 2.10. The van der Waals surface area contributed by atoms with Crippen LogP contribution in [0.4, 0.5) is 13.2 Å². The topological polar surface area (TPSA) is 44.0 Å². The molecule has 0 spiro atoms. The van der Waals surface area contributed by atoms with Crippen LogP contribution in [0, 0.1) is 11.3 Å². The molecule has 0 aliphatic heterocycles. The van der Waals surface area contributed by atoms with Gasteiger partial charge in [0.15, 0.2) is 5.60 Å². The van der Waals surface area contributed by atoms with Crippen LogP contribution in [0.5, 0.6) is 0 Å². The summed E-state index contributed by atoms with van der Waals surface area (Å²) >= 11 is 0. The maximum atomic E-state index is 12.4. The van der Waals surface area contributed by atoms with E-state index in [-0.39, 0.29) is 11.1 Å². The van der Waals surface area contributed by atoms with Gasteiger partial charge in [0.1, 0.15) is 0 Å². The molecule has 1 rings (SSSR count). The molecular formula is C10H8F3NO. The smallest absolute Gasteiger partial charge is 0.376 e. The Hall–Kier alpha value is -1.54. The summed E-state index contributed by atoms with van der Waals surface area (Å²) in [4.78, 5) is 0. The first-order valence-electron chi connectivity index (χ1n) is 4.09. The highest BCUT2D eigenvalue weighted by Gasteiger charge is 2.50. The number of rotatable bonds is 1. The molecule has 0 fully saturated rings. The first-order valence-corrected chi connectivity index (χ1v) is 4.09. The molecule has 0 heterocycles. The van der Waals surface area contributed by atoms with Crippen molar-refractivity contribution in [3.8, 4) is 6.07 Å². The lowest BCUT2D eigenvalue weighted by Gasteiger charge is -2.26. The van der Waals surface area contributed by atoms with Gasteiger partial charge in [-0.2, -0.15) is 18.4 Å². The molecule has 5 heteroatoms. The van der Waals surface area contributed by atoms with Crippen molar-refractivity contribution in [1.82, 2.24) is 0 Å². The lowest BCUT2D eigenvalue weighted by Crippen LogP contribution is -2.39. The van der Waals surface area contributed by atoms with Gasteiger partial charge in [0.25, 0.3) is 0 Å². The summed E-state index contributed by atoms with van der Waals surface area (Å²) in [6.07, 6.45) is -4.73. The molecule has 80 valence electrons. The minimum atomic E-state index is -4.73. The van der Waals surface area contributed by atoms with Crippen molar-refractivity contribution in [2.45, 2.75) is 18.7 Å². The summed E-state index contributed by atoms with van der Waals surface area (Å²) in [7, 11) is 0. The summed E-state index contributed by atoms with van der Waals surface area (Å²) in [6.45, 7) is 0.675. The van der Waals surface area contributed by atoms with Crippen LogP contribution in [0.15, 0.2) is 24.3 Å². The van der Waals surface area contributed by atoms with Crippen molar-refractivity contribution < 1.29 is 18.3 Å². The van der Waals surface area contributed by atoms with E-state index in [9.17, 15) is 18.3 Å². The summed E-state index contributed by atoms with van der Waals surface area (Å²) in [5.74, 6) is 0. The number of alkyl halides is 3. The molecule has 0 aliphatic rings. The molecular weight excluding hydrogens is 207 g/mol. The molecule has 0 saturated carbocycles. The highest BCUT2D eigenvalue weighted by atomic mass is 19.4. The fraction of sp³-hybridized carbons (Fsp3) is 0.300. The first kappa shape index (κ1) is 11.5. The van der Waals surface area contributed by atoms with Crippen molar-refractivity contribution in [3.05, 3.63) is 35.4 Å². The average Bonchev–Trinajstić information content (AvgIpc) is 2.16. The molecule has 15 heavy (non-hydrogen) atoms. The molecule has 0 unspecified atom stereocenters. The number of nitrogens with zero attached hydrogens (tertiary/aromatic N) is 1. The number of aliphatic hydroxyl groups is 1. The van der Waals surface area contributed by atoms with Gasteiger partial charge in [-0.1, -0.05) is 12.1 Å². The van der Waals surface area contributed by atoms with Crippen LogP contribution in [-0.4, -0.2) is 11.3 Å². The molecule has 1 atom stereocenters. The van der Waals surface area contributed by atoms with E-state index in [2.05, 4.69) is 0 Å². The number of benzene rings is 1. The standard InChI is InChI=1S/C10H8F3NO/c1-9(15,10(11,12)13)8-4-2-7(6-14)3-5-8/h2-5,15H,1H3/t9-/m0/s1. The Labute approximate surface area is 84.6 Å². The number of hydrogen-bond donors (Lipinski definition) is 1. The van der Waals surface area contributed by atoms with Crippen molar-refractivity contribution in [3.63, 3.8) is 0 Å². The van der Waals surface area contributed by atoms with Gasteiger partial charge >= 0.3 is 6.18 Å². The zero-order chi connectivity index (χ0) is 11.7. The van der Waals surface area contributed by atoms with Gasteiger partial charge in [0.2, 0.25) is 0 Å². The van der Waals surface area contributed by atoms with Crippen LogP contribution >= 0.6 is 0 Å². The van der Waals surface area contributed by atoms with Crippen LogP contribution in [-0.2, 0) is 5.60 Å². The summed E-state index contributed by atoms with van der Waals surface area (Å²) in [5, 5.41) is 17.7. The maximum Gasteiger partial charge on any atom is 0.421 e. The predicted octanol–water partition coefficient (Wildman–Crippen LogP) is 2.33. The lowest BCUT2D eigenvalue weighted by molar-refractivity contribution is -0.258. The minimum absolute atomic E-state index is 0.247.